The summed E-state index contributed by atoms with van der Waals surface area (Å²) < 4.78 is 47.7. The van der Waals surface area contributed by atoms with E-state index < -0.39 is 22.3 Å². The van der Waals surface area contributed by atoms with Crippen molar-refractivity contribution >= 4 is 15.9 Å². The third-order valence-electron chi connectivity index (χ3n) is 1.09. The van der Waals surface area contributed by atoms with Crippen LogP contribution in [0.15, 0.2) is 16.7 Å². The molecule has 0 aliphatic rings. The second kappa shape index (κ2) is 5.29. The van der Waals surface area contributed by atoms with E-state index >= 15 is 0 Å². The standard InChI is InChI=1S/C6H2BrF4N.C2H6/c7-5-3(8)1-2-4(12-5)6(9,10)11;1-2/h1-2H;1-2H3. The van der Waals surface area contributed by atoms with Crippen molar-refractivity contribution in [3.63, 3.8) is 0 Å². The smallest absolute Gasteiger partial charge is 0.233 e. The fraction of sp³-hybridized carbons (Fsp3) is 0.375. The molecule has 1 aromatic rings. The molecule has 0 radical (unpaired) electrons. The minimum absolute atomic E-state index is 0.433. The molecule has 1 nitrogen and oxygen atoms in total. The Morgan fingerprint density at radius 3 is 2.07 bits per heavy atom. The Kier molecular flexibility index (Phi) is 5.04. The first-order valence-corrected chi connectivity index (χ1v) is 4.60. The average molecular weight is 274 g/mol. The molecule has 0 aromatic carbocycles. The van der Waals surface area contributed by atoms with E-state index in [1.54, 1.807) is 0 Å². The second-order valence-electron chi connectivity index (χ2n) is 1.97. The molecule has 0 bridgehead atoms. The van der Waals surface area contributed by atoms with E-state index in [9.17, 15) is 17.6 Å². The maximum absolute atomic E-state index is 12.4. The highest BCUT2D eigenvalue weighted by Crippen LogP contribution is 2.28. The Bertz CT molecular complexity index is 298. The largest absolute Gasteiger partial charge is 0.433 e. The summed E-state index contributed by atoms with van der Waals surface area (Å²) in [7, 11) is 0. The van der Waals surface area contributed by atoms with Gasteiger partial charge in [-0.1, -0.05) is 13.8 Å². The van der Waals surface area contributed by atoms with E-state index in [0.29, 0.717) is 12.1 Å². The van der Waals surface area contributed by atoms with E-state index in [-0.39, 0.29) is 0 Å². The molecule has 0 saturated heterocycles. The van der Waals surface area contributed by atoms with Gasteiger partial charge < -0.3 is 0 Å². The number of hydrogen-bond acceptors (Lipinski definition) is 1. The van der Waals surface area contributed by atoms with Gasteiger partial charge in [-0.25, -0.2) is 9.37 Å². The Balaban J connectivity index is 0.000000791. The zero-order valence-corrected chi connectivity index (χ0v) is 9.08. The molecule has 0 aliphatic heterocycles. The van der Waals surface area contributed by atoms with E-state index in [1.165, 1.54) is 0 Å². The number of halogens is 5. The predicted molar refractivity (Wildman–Crippen MR) is 48.2 cm³/mol. The second-order valence-corrected chi connectivity index (χ2v) is 2.72. The van der Waals surface area contributed by atoms with Gasteiger partial charge in [0, 0.05) is 0 Å². The molecule has 14 heavy (non-hydrogen) atoms. The van der Waals surface area contributed by atoms with Gasteiger partial charge >= 0.3 is 6.18 Å². The summed E-state index contributed by atoms with van der Waals surface area (Å²) in [6.07, 6.45) is -4.53. The van der Waals surface area contributed by atoms with E-state index in [4.69, 9.17) is 0 Å². The lowest BCUT2D eigenvalue weighted by atomic mass is 10.3. The van der Waals surface area contributed by atoms with Crippen LogP contribution in [0, 0.1) is 5.82 Å². The topological polar surface area (TPSA) is 12.9 Å². The van der Waals surface area contributed by atoms with Crippen LogP contribution >= 0.6 is 15.9 Å². The molecule has 0 atom stereocenters. The third-order valence-corrected chi connectivity index (χ3v) is 1.65. The zero-order valence-electron chi connectivity index (χ0n) is 7.49. The normalized spacial score (nSPS) is 10.5. The van der Waals surface area contributed by atoms with Crippen LogP contribution in [0.4, 0.5) is 17.6 Å². The first-order valence-electron chi connectivity index (χ1n) is 3.80. The number of alkyl halides is 3. The van der Waals surface area contributed by atoms with Crippen molar-refractivity contribution in [3.8, 4) is 0 Å². The van der Waals surface area contributed by atoms with Gasteiger partial charge in [0.15, 0.2) is 5.82 Å². The first-order chi connectivity index (χ1) is 6.41. The van der Waals surface area contributed by atoms with Crippen LogP contribution in [0.5, 0.6) is 0 Å². The molecule has 0 fully saturated rings. The van der Waals surface area contributed by atoms with Crippen molar-refractivity contribution in [2.45, 2.75) is 20.0 Å². The van der Waals surface area contributed by atoms with E-state index in [1.807, 2.05) is 13.8 Å². The van der Waals surface area contributed by atoms with Crippen LogP contribution in [-0.2, 0) is 6.18 Å². The Morgan fingerprint density at radius 2 is 1.71 bits per heavy atom. The van der Waals surface area contributed by atoms with Gasteiger partial charge in [0.05, 0.1) is 0 Å². The highest BCUT2D eigenvalue weighted by molar-refractivity contribution is 9.10. The number of hydrogen-bond donors (Lipinski definition) is 0. The van der Waals surface area contributed by atoms with Crippen LogP contribution in [0.2, 0.25) is 0 Å². The molecule has 0 spiro atoms. The lowest BCUT2D eigenvalue weighted by Gasteiger charge is -2.04. The fourth-order valence-electron chi connectivity index (χ4n) is 0.575. The number of rotatable bonds is 0. The summed E-state index contributed by atoms with van der Waals surface area (Å²) in [5, 5.41) is 0. The molecule has 0 aliphatic carbocycles. The van der Waals surface area contributed by atoms with Crippen LogP contribution in [0.1, 0.15) is 19.5 Å². The number of aromatic nitrogens is 1. The number of pyridine rings is 1. The van der Waals surface area contributed by atoms with E-state index in [0.717, 1.165) is 0 Å². The molecular weight excluding hydrogens is 266 g/mol. The van der Waals surface area contributed by atoms with Crippen molar-refractivity contribution in [2.75, 3.05) is 0 Å². The van der Waals surface area contributed by atoms with Gasteiger partial charge in [-0.2, -0.15) is 13.2 Å². The molecular formula is C8H8BrF4N. The number of nitrogens with zero attached hydrogens (tertiary/aromatic N) is 1. The Labute approximate surface area is 87.3 Å². The molecule has 1 aromatic heterocycles. The molecule has 6 heteroatoms. The molecule has 0 N–H and O–H groups in total. The SMILES string of the molecule is CC.Fc1ccc(C(F)(F)F)nc1Br. The maximum atomic E-state index is 12.4. The molecule has 0 unspecified atom stereocenters. The lowest BCUT2D eigenvalue weighted by Crippen LogP contribution is -2.08. The average Bonchev–Trinajstić information content (AvgIpc) is 2.11. The van der Waals surface area contributed by atoms with Gasteiger partial charge in [0.25, 0.3) is 0 Å². The monoisotopic (exact) mass is 273 g/mol. The Morgan fingerprint density at radius 1 is 1.21 bits per heavy atom. The Hall–Kier alpha value is -0.650. The van der Waals surface area contributed by atoms with Gasteiger partial charge in [0.2, 0.25) is 0 Å². The van der Waals surface area contributed by atoms with Crippen LogP contribution < -0.4 is 0 Å². The zero-order chi connectivity index (χ0) is 11.4. The van der Waals surface area contributed by atoms with Gasteiger partial charge in [-0.15, -0.1) is 0 Å². The van der Waals surface area contributed by atoms with Gasteiger partial charge in [-0.3, -0.25) is 0 Å². The molecule has 1 rings (SSSR count). The van der Waals surface area contributed by atoms with Crippen molar-refractivity contribution in [1.82, 2.24) is 4.98 Å². The first kappa shape index (κ1) is 13.4. The minimum Gasteiger partial charge on any atom is -0.233 e. The maximum Gasteiger partial charge on any atom is 0.433 e. The quantitative estimate of drug-likeness (QED) is 0.514. The highest BCUT2D eigenvalue weighted by Gasteiger charge is 2.32. The van der Waals surface area contributed by atoms with Crippen molar-refractivity contribution in [2.24, 2.45) is 0 Å². The summed E-state index contributed by atoms with van der Waals surface area (Å²) in [5.74, 6) is -0.817. The van der Waals surface area contributed by atoms with Crippen LogP contribution in [0.3, 0.4) is 0 Å². The van der Waals surface area contributed by atoms with E-state index in [2.05, 4.69) is 20.9 Å². The molecule has 80 valence electrons. The van der Waals surface area contributed by atoms with Crippen LogP contribution in [0.25, 0.3) is 0 Å². The van der Waals surface area contributed by atoms with Gasteiger partial charge in [-0.05, 0) is 28.1 Å². The summed E-state index contributed by atoms with van der Waals surface area (Å²) in [5.41, 5.74) is -1.12. The molecule has 0 amide bonds. The highest BCUT2D eigenvalue weighted by atomic mass is 79.9. The van der Waals surface area contributed by atoms with Gasteiger partial charge in [0.1, 0.15) is 10.3 Å². The molecule has 0 saturated carbocycles. The van der Waals surface area contributed by atoms with Crippen molar-refractivity contribution < 1.29 is 17.6 Å². The summed E-state index contributed by atoms with van der Waals surface area (Å²) in [6.45, 7) is 4.00. The van der Waals surface area contributed by atoms with Crippen molar-refractivity contribution in [1.29, 1.82) is 0 Å². The lowest BCUT2D eigenvalue weighted by molar-refractivity contribution is -0.141. The summed E-state index contributed by atoms with van der Waals surface area (Å²) >= 11 is 2.55. The summed E-state index contributed by atoms with van der Waals surface area (Å²) in [4.78, 5) is 2.96. The summed E-state index contributed by atoms with van der Waals surface area (Å²) in [6, 6.07) is 1.29. The fourth-order valence-corrected chi connectivity index (χ4v) is 0.898. The molecule has 1 heterocycles. The van der Waals surface area contributed by atoms with Crippen molar-refractivity contribution in [3.05, 3.63) is 28.2 Å². The third kappa shape index (κ3) is 3.61. The predicted octanol–water partition coefficient (Wildman–Crippen LogP) is 4.03. The minimum atomic E-state index is -4.53. The van der Waals surface area contributed by atoms with Crippen LogP contribution in [-0.4, -0.2) is 4.98 Å².